The third-order valence-electron chi connectivity index (χ3n) is 5.95. The molecule has 4 aromatic rings. The maximum absolute atomic E-state index is 12.3. The summed E-state index contributed by atoms with van der Waals surface area (Å²) >= 11 is 0. The van der Waals surface area contributed by atoms with Crippen molar-refractivity contribution in [1.29, 1.82) is 0 Å². The van der Waals surface area contributed by atoms with Gasteiger partial charge in [-0.3, -0.25) is 14.2 Å². The number of aryl methyl sites for hydroxylation is 1. The molecular weight excluding hydrogens is 462 g/mol. The van der Waals surface area contributed by atoms with Gasteiger partial charge >= 0.3 is 6.09 Å². The molecule has 186 valence electrons. The Bertz CT molecular complexity index is 1440. The summed E-state index contributed by atoms with van der Waals surface area (Å²) in [5.41, 5.74) is 3.66. The van der Waals surface area contributed by atoms with Gasteiger partial charge in [0.25, 0.3) is 0 Å². The second-order valence-electron chi connectivity index (χ2n) is 8.50. The molecule has 3 aromatic heterocycles. The molecule has 0 spiro atoms. The van der Waals surface area contributed by atoms with E-state index in [1.807, 2.05) is 18.2 Å². The molecule has 1 aliphatic rings. The number of hydroxylamine groups is 2. The molecular formula is C25H27N7O4. The number of ketones is 1. The van der Waals surface area contributed by atoms with Crippen molar-refractivity contribution in [3.63, 3.8) is 0 Å². The van der Waals surface area contributed by atoms with Gasteiger partial charge in [-0.2, -0.15) is 15.1 Å². The lowest BCUT2D eigenvalue weighted by Gasteiger charge is -2.12. The molecule has 4 heterocycles. The van der Waals surface area contributed by atoms with Crippen molar-refractivity contribution < 1.29 is 19.2 Å². The second kappa shape index (κ2) is 9.88. The van der Waals surface area contributed by atoms with Crippen LogP contribution in [-0.2, 0) is 16.1 Å². The molecule has 11 heteroatoms. The van der Waals surface area contributed by atoms with E-state index in [2.05, 4.69) is 20.4 Å². The Labute approximate surface area is 207 Å². The van der Waals surface area contributed by atoms with Gasteiger partial charge in [-0.15, -0.1) is 0 Å². The maximum Gasteiger partial charge on any atom is 0.418 e. The van der Waals surface area contributed by atoms with Crippen LogP contribution in [0, 0.1) is 6.92 Å². The number of benzene rings is 1. The molecule has 1 saturated heterocycles. The van der Waals surface area contributed by atoms with Crippen molar-refractivity contribution in [2.24, 2.45) is 0 Å². The van der Waals surface area contributed by atoms with Crippen LogP contribution in [-0.4, -0.2) is 61.0 Å². The first-order valence-corrected chi connectivity index (χ1v) is 11.8. The van der Waals surface area contributed by atoms with E-state index in [1.165, 1.54) is 17.7 Å². The molecule has 0 unspecified atom stereocenters. The van der Waals surface area contributed by atoms with Gasteiger partial charge in [0.1, 0.15) is 0 Å². The summed E-state index contributed by atoms with van der Waals surface area (Å²) in [5.74, 6) is 0.837. The van der Waals surface area contributed by atoms with Gasteiger partial charge in [0.05, 0.1) is 31.0 Å². The number of hydrogen-bond donors (Lipinski definition) is 1. The van der Waals surface area contributed by atoms with Gasteiger partial charge in [-0.1, -0.05) is 0 Å². The predicted molar refractivity (Wildman–Crippen MR) is 133 cm³/mol. The molecule has 0 aliphatic carbocycles. The molecule has 0 atom stereocenters. The smallest absolute Gasteiger partial charge is 0.418 e. The Morgan fingerprint density at radius 2 is 2.08 bits per heavy atom. The number of nitrogens with one attached hydrogen (secondary N) is 1. The van der Waals surface area contributed by atoms with Crippen LogP contribution in [0.1, 0.15) is 41.9 Å². The first-order valence-electron chi connectivity index (χ1n) is 11.8. The normalized spacial score (nSPS) is 13.9. The van der Waals surface area contributed by atoms with E-state index < -0.39 is 6.09 Å². The first kappa shape index (κ1) is 23.6. The van der Waals surface area contributed by atoms with E-state index in [4.69, 9.17) is 9.57 Å². The molecule has 36 heavy (non-hydrogen) atoms. The third-order valence-corrected chi connectivity index (χ3v) is 5.95. The van der Waals surface area contributed by atoms with Gasteiger partial charge in [-0.25, -0.2) is 14.5 Å². The van der Waals surface area contributed by atoms with Crippen LogP contribution in [0.4, 0.5) is 16.4 Å². The van der Waals surface area contributed by atoms with E-state index in [1.54, 1.807) is 42.1 Å². The second-order valence-corrected chi connectivity index (χ2v) is 8.50. The summed E-state index contributed by atoms with van der Waals surface area (Å²) in [5, 5.41) is 10.4. The number of nitrogens with zero attached hydrogens (tertiary/aromatic N) is 6. The largest absolute Gasteiger partial charge is 0.449 e. The number of rotatable bonds is 7. The zero-order valence-corrected chi connectivity index (χ0v) is 20.4. The number of anilines is 2. The van der Waals surface area contributed by atoms with Crippen molar-refractivity contribution in [2.45, 2.75) is 33.7 Å². The molecule has 1 aliphatic heterocycles. The Balaban J connectivity index is 1.41. The zero-order valence-electron chi connectivity index (χ0n) is 20.4. The number of carbonyl (C=O) groups excluding carboxylic acids is 2. The van der Waals surface area contributed by atoms with Crippen molar-refractivity contribution in [3.05, 3.63) is 59.7 Å². The zero-order chi connectivity index (χ0) is 25.2. The van der Waals surface area contributed by atoms with E-state index in [0.29, 0.717) is 40.5 Å². The lowest BCUT2D eigenvalue weighted by molar-refractivity contribution is -0.117. The van der Waals surface area contributed by atoms with Gasteiger partial charge in [0.15, 0.2) is 11.6 Å². The molecule has 0 saturated carbocycles. The van der Waals surface area contributed by atoms with E-state index in [0.717, 1.165) is 30.8 Å². The fraction of sp³-hybridized carbons (Fsp3) is 0.320. The Morgan fingerprint density at radius 3 is 2.83 bits per heavy atom. The summed E-state index contributed by atoms with van der Waals surface area (Å²) in [6, 6.07) is 7.13. The number of fused-ring (bicyclic) bond motifs is 1. The van der Waals surface area contributed by atoms with Crippen LogP contribution in [0.5, 0.6) is 0 Å². The lowest BCUT2D eigenvalue weighted by atomic mass is 10.1. The summed E-state index contributed by atoms with van der Waals surface area (Å²) in [7, 11) is 0. The monoisotopic (exact) mass is 489 g/mol. The molecule has 11 nitrogen and oxygen atoms in total. The average molecular weight is 490 g/mol. The third kappa shape index (κ3) is 4.70. The highest BCUT2D eigenvalue weighted by atomic mass is 16.7. The van der Waals surface area contributed by atoms with Gasteiger partial charge in [0.2, 0.25) is 5.95 Å². The highest BCUT2D eigenvalue weighted by molar-refractivity contribution is 6.09. The lowest BCUT2D eigenvalue weighted by Crippen LogP contribution is -2.17. The average Bonchev–Trinajstić information content (AvgIpc) is 3.59. The standard InChI is InChI=1S/C25H27N7O4/c1-4-35-25(34)31-15-21(17(3)33)20-12-19(6-7-22(20)31)27-24-26-9-8-23(28-24)32-14-18(16(2)29-32)13-30-10-5-11-36-30/h6-9,12,14-15H,4-5,10-11,13H2,1-3H3,(H,26,27,28). The number of ether oxygens (including phenoxy) is 1. The molecule has 1 aromatic carbocycles. The van der Waals surface area contributed by atoms with Crippen LogP contribution < -0.4 is 5.32 Å². The number of Topliss-reactive ketones (excluding diaryl/α,β-unsaturated/α-hetero) is 1. The summed E-state index contributed by atoms with van der Waals surface area (Å²) in [6.45, 7) is 7.74. The Morgan fingerprint density at radius 1 is 1.22 bits per heavy atom. The molecule has 1 N–H and O–H groups in total. The summed E-state index contributed by atoms with van der Waals surface area (Å²) < 4.78 is 8.19. The molecule has 1 fully saturated rings. The summed E-state index contributed by atoms with van der Waals surface area (Å²) in [4.78, 5) is 39.1. The highest BCUT2D eigenvalue weighted by Gasteiger charge is 2.19. The highest BCUT2D eigenvalue weighted by Crippen LogP contribution is 2.27. The van der Waals surface area contributed by atoms with Crippen LogP contribution in [0.3, 0.4) is 0 Å². The van der Waals surface area contributed by atoms with Crippen molar-refractivity contribution in [2.75, 3.05) is 25.1 Å². The molecule has 0 radical (unpaired) electrons. The minimum absolute atomic E-state index is 0.150. The van der Waals surface area contributed by atoms with Crippen molar-refractivity contribution >= 4 is 34.4 Å². The topological polar surface area (TPSA) is 116 Å². The van der Waals surface area contributed by atoms with Crippen molar-refractivity contribution in [1.82, 2.24) is 29.4 Å². The first-order chi connectivity index (χ1) is 17.4. The number of carbonyl (C=O) groups is 2. The predicted octanol–water partition coefficient (Wildman–Crippen LogP) is 4.01. The molecule has 0 amide bonds. The van der Waals surface area contributed by atoms with Gasteiger partial charge in [0, 0.05) is 53.4 Å². The summed E-state index contributed by atoms with van der Waals surface area (Å²) in [6.07, 6.45) is 5.61. The fourth-order valence-corrected chi connectivity index (χ4v) is 4.18. The number of aromatic nitrogens is 5. The van der Waals surface area contributed by atoms with Crippen molar-refractivity contribution in [3.8, 4) is 5.82 Å². The minimum atomic E-state index is -0.531. The van der Waals surface area contributed by atoms with Crippen LogP contribution in [0.25, 0.3) is 16.7 Å². The maximum atomic E-state index is 12.3. The van der Waals surface area contributed by atoms with Crippen LogP contribution >= 0.6 is 0 Å². The quantitative estimate of drug-likeness (QED) is 0.384. The molecule has 0 bridgehead atoms. The minimum Gasteiger partial charge on any atom is -0.449 e. The van der Waals surface area contributed by atoms with E-state index in [-0.39, 0.29) is 12.4 Å². The fourth-order valence-electron chi connectivity index (χ4n) is 4.18. The van der Waals surface area contributed by atoms with E-state index >= 15 is 0 Å². The Hall–Kier alpha value is -4.09. The van der Waals surface area contributed by atoms with Gasteiger partial charge in [-0.05, 0) is 45.4 Å². The van der Waals surface area contributed by atoms with E-state index in [9.17, 15) is 9.59 Å². The molecule has 5 rings (SSSR count). The van der Waals surface area contributed by atoms with Crippen LogP contribution in [0.2, 0.25) is 0 Å². The van der Waals surface area contributed by atoms with Gasteiger partial charge < -0.3 is 10.1 Å². The SMILES string of the molecule is CCOC(=O)n1cc(C(C)=O)c2cc(Nc3nccc(-n4cc(CN5CCCO5)c(C)n4)n3)ccc21. The number of hydrogen-bond acceptors (Lipinski definition) is 9. The van der Waals surface area contributed by atoms with Crippen LogP contribution in [0.15, 0.2) is 42.9 Å². The Kier molecular flexibility index (Phi) is 6.49.